The Balaban J connectivity index is 1.30. The molecule has 1 aromatic heterocycles. The van der Waals surface area contributed by atoms with Crippen molar-refractivity contribution in [3.05, 3.63) is 89.4 Å². The van der Waals surface area contributed by atoms with Gasteiger partial charge in [-0.3, -0.25) is 9.59 Å². The highest BCUT2D eigenvalue weighted by Crippen LogP contribution is 2.29. The molecule has 174 valence electrons. The van der Waals surface area contributed by atoms with Crippen LogP contribution < -0.4 is 10.6 Å². The van der Waals surface area contributed by atoms with Crippen molar-refractivity contribution in [3.63, 3.8) is 0 Å². The second-order valence-electron chi connectivity index (χ2n) is 7.83. The van der Waals surface area contributed by atoms with E-state index in [2.05, 4.69) is 25.8 Å². The van der Waals surface area contributed by atoms with Gasteiger partial charge in [0.25, 0.3) is 0 Å². The Hall–Kier alpha value is -3.88. The Morgan fingerprint density at radius 1 is 1.03 bits per heavy atom. The number of hydrogen-bond acceptors (Lipinski definition) is 5. The van der Waals surface area contributed by atoms with E-state index in [4.69, 9.17) is 11.6 Å². The van der Waals surface area contributed by atoms with Crippen molar-refractivity contribution in [2.24, 2.45) is 10.2 Å². The van der Waals surface area contributed by atoms with Crippen LogP contribution in [0.2, 0.25) is 5.02 Å². The largest absolute Gasteiger partial charge is 0.354 e. The van der Waals surface area contributed by atoms with E-state index in [0.29, 0.717) is 15.9 Å². The quantitative estimate of drug-likeness (QED) is 0.242. The molecule has 0 radical (unpaired) electrons. The van der Waals surface area contributed by atoms with Crippen LogP contribution in [0.1, 0.15) is 12.0 Å². The van der Waals surface area contributed by atoms with Gasteiger partial charge in [-0.1, -0.05) is 71.9 Å². The zero-order valence-corrected chi connectivity index (χ0v) is 19.9. The molecule has 0 bridgehead atoms. The van der Waals surface area contributed by atoms with Crippen molar-refractivity contribution < 1.29 is 9.59 Å². The van der Waals surface area contributed by atoms with Crippen molar-refractivity contribution in [3.8, 4) is 11.3 Å². The van der Waals surface area contributed by atoms with Crippen molar-refractivity contribution in [2.75, 3.05) is 5.32 Å². The summed E-state index contributed by atoms with van der Waals surface area (Å²) in [6, 6.07) is 24.8. The van der Waals surface area contributed by atoms with Crippen LogP contribution in [-0.2, 0) is 9.59 Å². The molecule has 1 aliphatic heterocycles. The molecule has 0 saturated carbocycles. The number of amides is 2. The van der Waals surface area contributed by atoms with Gasteiger partial charge in [-0.2, -0.15) is 5.10 Å². The smallest absolute Gasteiger partial charge is 0.240 e. The average Bonchev–Trinajstić information content (AvgIpc) is 3.41. The number of benzene rings is 3. The van der Waals surface area contributed by atoms with Gasteiger partial charge in [0.15, 0.2) is 5.17 Å². The molecule has 0 unspecified atom stereocenters. The molecule has 2 amide bonds. The minimum atomic E-state index is -0.579. The van der Waals surface area contributed by atoms with Gasteiger partial charge < -0.3 is 15.6 Å². The fraction of sp³-hybridized carbons (Fsp3) is 0.0769. The highest BCUT2D eigenvalue weighted by molar-refractivity contribution is 8.15. The van der Waals surface area contributed by atoms with Gasteiger partial charge in [0.2, 0.25) is 11.8 Å². The number of hydrogen-bond donors (Lipinski definition) is 3. The van der Waals surface area contributed by atoms with Crippen molar-refractivity contribution in [1.82, 2.24) is 10.3 Å². The standard InChI is InChI=1S/C26H20ClN5O2S/c27-17-10-12-18(13-11-17)29-23(33)14-22-25(34)31-26(35-22)32-28-15-20-19-8-4-5-9-21(19)30-24(20)16-6-2-1-3-7-16/h1-13,15,22,30H,14H2,(H,29,33)(H,31,32,34)/b28-15+/t22-/m1/s1. The number of nitrogens with zero attached hydrogens (tertiary/aromatic N) is 2. The normalized spacial score (nSPS) is 16.8. The Bertz CT molecular complexity index is 1450. The predicted molar refractivity (Wildman–Crippen MR) is 143 cm³/mol. The van der Waals surface area contributed by atoms with E-state index >= 15 is 0 Å². The number of halogens is 1. The molecule has 0 spiro atoms. The molecule has 2 heterocycles. The number of para-hydroxylation sites is 1. The lowest BCUT2D eigenvalue weighted by molar-refractivity contribution is -0.122. The Morgan fingerprint density at radius 2 is 1.77 bits per heavy atom. The van der Waals surface area contributed by atoms with Crippen molar-refractivity contribution >= 4 is 63.1 Å². The van der Waals surface area contributed by atoms with Crippen molar-refractivity contribution in [2.45, 2.75) is 11.7 Å². The number of amidine groups is 1. The predicted octanol–water partition coefficient (Wildman–Crippen LogP) is 5.44. The summed E-state index contributed by atoms with van der Waals surface area (Å²) in [6.07, 6.45) is 1.70. The van der Waals surface area contributed by atoms with Crippen LogP contribution in [0.4, 0.5) is 5.69 Å². The first-order valence-corrected chi connectivity index (χ1v) is 12.1. The zero-order valence-electron chi connectivity index (χ0n) is 18.4. The molecule has 35 heavy (non-hydrogen) atoms. The first kappa shape index (κ1) is 22.9. The van der Waals surface area contributed by atoms with E-state index in [1.54, 1.807) is 30.5 Å². The molecular weight excluding hydrogens is 482 g/mol. The molecule has 1 fully saturated rings. The average molecular weight is 502 g/mol. The third-order valence-electron chi connectivity index (χ3n) is 5.42. The van der Waals surface area contributed by atoms with Crippen LogP contribution in [0.5, 0.6) is 0 Å². The lowest BCUT2D eigenvalue weighted by atomic mass is 10.1. The summed E-state index contributed by atoms with van der Waals surface area (Å²) in [4.78, 5) is 28.2. The van der Waals surface area contributed by atoms with Crippen LogP contribution in [0.25, 0.3) is 22.2 Å². The summed E-state index contributed by atoms with van der Waals surface area (Å²) in [6.45, 7) is 0. The Kier molecular flexibility index (Phi) is 6.65. The number of aromatic amines is 1. The number of thioether (sulfide) groups is 1. The van der Waals surface area contributed by atoms with Gasteiger partial charge in [0.05, 0.1) is 11.9 Å². The maximum atomic E-state index is 12.4. The Morgan fingerprint density at radius 3 is 2.57 bits per heavy atom. The zero-order chi connectivity index (χ0) is 24.2. The molecule has 3 aromatic carbocycles. The maximum Gasteiger partial charge on any atom is 0.240 e. The topological polar surface area (TPSA) is 98.7 Å². The molecule has 7 nitrogen and oxygen atoms in total. The first-order valence-electron chi connectivity index (χ1n) is 10.9. The van der Waals surface area contributed by atoms with E-state index in [9.17, 15) is 9.59 Å². The number of H-pyrrole nitrogens is 1. The molecule has 1 aliphatic rings. The number of aromatic nitrogens is 1. The van der Waals surface area contributed by atoms with E-state index in [1.165, 1.54) is 11.8 Å². The first-order chi connectivity index (χ1) is 17.1. The maximum absolute atomic E-state index is 12.4. The second-order valence-corrected chi connectivity index (χ2v) is 9.46. The number of carbonyl (C=O) groups excluding carboxylic acids is 2. The van der Waals surface area contributed by atoms with Gasteiger partial charge in [-0.15, -0.1) is 5.10 Å². The monoisotopic (exact) mass is 501 g/mol. The van der Waals surface area contributed by atoms with Gasteiger partial charge >= 0.3 is 0 Å². The molecule has 5 rings (SSSR count). The van der Waals surface area contributed by atoms with Crippen LogP contribution >= 0.6 is 23.4 Å². The molecule has 3 N–H and O–H groups in total. The summed E-state index contributed by atoms with van der Waals surface area (Å²) in [5.41, 5.74) is 4.50. The fourth-order valence-electron chi connectivity index (χ4n) is 3.77. The summed E-state index contributed by atoms with van der Waals surface area (Å²) < 4.78 is 0. The SMILES string of the molecule is O=C(C[C@H]1S/C(=N\N=C\c2c(-c3ccccc3)[nH]c3ccccc23)NC1=O)Nc1ccc(Cl)cc1. The summed E-state index contributed by atoms with van der Waals surface area (Å²) in [5, 5.41) is 15.3. The highest BCUT2D eigenvalue weighted by atomic mass is 35.5. The number of anilines is 1. The molecular formula is C26H20ClN5O2S. The summed E-state index contributed by atoms with van der Waals surface area (Å²) in [7, 11) is 0. The van der Waals surface area contributed by atoms with Crippen LogP contribution in [0, 0.1) is 0 Å². The van der Waals surface area contributed by atoms with E-state index < -0.39 is 5.25 Å². The minimum absolute atomic E-state index is 0.0163. The molecule has 1 saturated heterocycles. The number of carbonyl (C=O) groups is 2. The van der Waals surface area contributed by atoms with Gasteiger partial charge in [0, 0.05) is 33.6 Å². The Labute approximate surface area is 210 Å². The third kappa shape index (κ3) is 5.29. The van der Waals surface area contributed by atoms with E-state index in [1.807, 2.05) is 54.6 Å². The number of fused-ring (bicyclic) bond motifs is 1. The molecule has 1 atom stereocenters. The lowest BCUT2D eigenvalue weighted by Gasteiger charge is -2.07. The summed E-state index contributed by atoms with van der Waals surface area (Å²) >= 11 is 7.06. The molecule has 9 heteroatoms. The van der Waals surface area contributed by atoms with Crippen LogP contribution in [0.3, 0.4) is 0 Å². The molecule has 0 aliphatic carbocycles. The molecule has 4 aromatic rings. The van der Waals surface area contributed by atoms with Crippen LogP contribution in [0.15, 0.2) is 89.1 Å². The van der Waals surface area contributed by atoms with Crippen molar-refractivity contribution in [1.29, 1.82) is 0 Å². The van der Waals surface area contributed by atoms with E-state index in [-0.39, 0.29) is 18.2 Å². The second kappa shape index (κ2) is 10.2. The minimum Gasteiger partial charge on any atom is -0.354 e. The van der Waals surface area contributed by atoms with E-state index in [0.717, 1.165) is 27.7 Å². The highest BCUT2D eigenvalue weighted by Gasteiger charge is 2.32. The fourth-order valence-corrected chi connectivity index (χ4v) is 4.82. The summed E-state index contributed by atoms with van der Waals surface area (Å²) in [5.74, 6) is -0.539. The van der Waals surface area contributed by atoms with Gasteiger partial charge in [0.1, 0.15) is 5.25 Å². The van der Waals surface area contributed by atoms with Gasteiger partial charge in [-0.05, 0) is 35.9 Å². The van der Waals surface area contributed by atoms with Gasteiger partial charge in [-0.25, -0.2) is 0 Å². The van der Waals surface area contributed by atoms with Crippen LogP contribution in [-0.4, -0.2) is 33.4 Å². The lowest BCUT2D eigenvalue weighted by Crippen LogP contribution is -2.28. The number of rotatable bonds is 6. The third-order valence-corrected chi connectivity index (χ3v) is 6.74. The number of nitrogens with one attached hydrogen (secondary N) is 3.